The molecule has 0 N–H and O–H groups in total. The van der Waals surface area contributed by atoms with E-state index in [9.17, 15) is 13.2 Å². The van der Waals surface area contributed by atoms with Gasteiger partial charge < -0.3 is 14.0 Å². The minimum atomic E-state index is -4.46. The van der Waals surface area contributed by atoms with Crippen molar-refractivity contribution in [2.45, 2.75) is 13.1 Å². The number of alkyl halides is 3. The van der Waals surface area contributed by atoms with Crippen LogP contribution in [0.5, 0.6) is 11.5 Å². The molecule has 0 atom stereocenters. The van der Waals surface area contributed by atoms with Crippen LogP contribution in [0, 0.1) is 6.92 Å². The smallest absolute Gasteiger partial charge is 0.416 e. The van der Waals surface area contributed by atoms with Gasteiger partial charge in [0.2, 0.25) is 5.82 Å². The molecule has 0 saturated heterocycles. The summed E-state index contributed by atoms with van der Waals surface area (Å²) in [6.45, 7) is 1.65. The molecule has 8 nitrogen and oxygen atoms in total. The highest BCUT2D eigenvalue weighted by Gasteiger charge is 2.31. The summed E-state index contributed by atoms with van der Waals surface area (Å²) in [5.74, 6) is 1.41. The fraction of sp³-hybridized carbons (Fsp3) is 0.200. The van der Waals surface area contributed by atoms with Crippen LogP contribution >= 0.6 is 0 Å². The van der Waals surface area contributed by atoms with E-state index >= 15 is 0 Å². The monoisotopic (exact) mass is 431 g/mol. The van der Waals surface area contributed by atoms with Crippen LogP contribution < -0.4 is 9.47 Å². The lowest BCUT2D eigenvalue weighted by Gasteiger charge is -2.09. The number of nitrogens with zero attached hydrogens (tertiary/aromatic N) is 5. The van der Waals surface area contributed by atoms with Crippen LogP contribution in [0.1, 0.15) is 11.3 Å². The van der Waals surface area contributed by atoms with Crippen molar-refractivity contribution in [3.8, 4) is 40.2 Å². The zero-order valence-electron chi connectivity index (χ0n) is 16.6. The number of aromatic nitrogens is 5. The van der Waals surface area contributed by atoms with Crippen LogP contribution in [-0.4, -0.2) is 39.4 Å². The van der Waals surface area contributed by atoms with Crippen molar-refractivity contribution in [2.75, 3.05) is 14.2 Å². The van der Waals surface area contributed by atoms with E-state index in [0.717, 1.165) is 12.1 Å². The lowest BCUT2D eigenvalue weighted by Crippen LogP contribution is -2.07. The zero-order valence-corrected chi connectivity index (χ0v) is 16.6. The van der Waals surface area contributed by atoms with Gasteiger partial charge in [-0.25, -0.2) is 4.68 Å². The van der Waals surface area contributed by atoms with E-state index in [1.54, 1.807) is 25.1 Å². The van der Waals surface area contributed by atoms with Gasteiger partial charge in [0, 0.05) is 5.56 Å². The molecule has 0 aliphatic heterocycles. The van der Waals surface area contributed by atoms with Crippen molar-refractivity contribution in [2.24, 2.45) is 0 Å². The van der Waals surface area contributed by atoms with E-state index in [1.807, 2.05) is 0 Å². The van der Waals surface area contributed by atoms with Crippen molar-refractivity contribution in [1.29, 1.82) is 0 Å². The van der Waals surface area contributed by atoms with Crippen LogP contribution in [0.4, 0.5) is 13.2 Å². The minimum Gasteiger partial charge on any atom is -0.493 e. The number of rotatable bonds is 5. The third-order valence-corrected chi connectivity index (χ3v) is 4.58. The molecule has 4 rings (SSSR count). The largest absolute Gasteiger partial charge is 0.493 e. The van der Waals surface area contributed by atoms with Gasteiger partial charge in [0.25, 0.3) is 5.89 Å². The summed E-state index contributed by atoms with van der Waals surface area (Å²) in [7, 11) is 3.04. The van der Waals surface area contributed by atoms with Crippen LogP contribution in [0.3, 0.4) is 0 Å². The molecule has 11 heteroatoms. The van der Waals surface area contributed by atoms with E-state index in [-0.39, 0.29) is 23.1 Å². The summed E-state index contributed by atoms with van der Waals surface area (Å²) < 4.78 is 56.2. The highest BCUT2D eigenvalue weighted by Crippen LogP contribution is 2.33. The molecule has 0 spiro atoms. The first kappa shape index (κ1) is 20.4. The molecule has 0 fully saturated rings. The summed E-state index contributed by atoms with van der Waals surface area (Å²) in [5, 5.41) is 11.9. The Hall–Kier alpha value is -3.89. The first-order valence-electron chi connectivity index (χ1n) is 8.98. The van der Waals surface area contributed by atoms with Crippen molar-refractivity contribution in [1.82, 2.24) is 25.1 Å². The predicted molar refractivity (Wildman–Crippen MR) is 103 cm³/mol. The Balaban J connectivity index is 1.68. The number of benzene rings is 2. The molecule has 4 aromatic rings. The van der Waals surface area contributed by atoms with Crippen LogP contribution in [0.25, 0.3) is 28.7 Å². The molecule has 160 valence electrons. The Kier molecular flexibility index (Phi) is 5.09. The highest BCUT2D eigenvalue weighted by atomic mass is 19.4. The number of hydrogen-bond acceptors (Lipinski definition) is 7. The first-order valence-corrected chi connectivity index (χ1v) is 8.98. The summed E-state index contributed by atoms with van der Waals surface area (Å²) in [4.78, 5) is 4.34. The summed E-state index contributed by atoms with van der Waals surface area (Å²) in [6.07, 6.45) is -4.46. The van der Waals surface area contributed by atoms with E-state index in [1.165, 1.54) is 31.0 Å². The third-order valence-electron chi connectivity index (χ3n) is 4.58. The molecule has 0 aliphatic carbocycles. The van der Waals surface area contributed by atoms with Crippen LogP contribution in [-0.2, 0) is 6.18 Å². The number of methoxy groups -OCH3 is 2. The molecule has 31 heavy (non-hydrogen) atoms. The van der Waals surface area contributed by atoms with Crippen LogP contribution in [0.2, 0.25) is 0 Å². The topological polar surface area (TPSA) is 88.1 Å². The second-order valence-corrected chi connectivity index (χ2v) is 6.48. The Morgan fingerprint density at radius 1 is 1.00 bits per heavy atom. The van der Waals surface area contributed by atoms with Crippen molar-refractivity contribution >= 4 is 0 Å². The van der Waals surface area contributed by atoms with Gasteiger partial charge >= 0.3 is 6.18 Å². The number of hydrogen-bond donors (Lipinski definition) is 0. The molecule has 0 aliphatic rings. The second kappa shape index (κ2) is 7.74. The Labute approximate surface area is 174 Å². The molecule has 0 bridgehead atoms. The van der Waals surface area contributed by atoms with Gasteiger partial charge in [0.15, 0.2) is 17.2 Å². The van der Waals surface area contributed by atoms with Crippen molar-refractivity contribution < 1.29 is 27.2 Å². The zero-order chi connectivity index (χ0) is 22.2. The summed E-state index contributed by atoms with van der Waals surface area (Å²) in [5.41, 5.74) is 0.759. The normalized spacial score (nSPS) is 11.5. The third kappa shape index (κ3) is 3.81. The summed E-state index contributed by atoms with van der Waals surface area (Å²) in [6, 6.07) is 9.93. The maximum atomic E-state index is 13.0. The molecule has 0 saturated carbocycles. The Morgan fingerprint density at radius 3 is 2.48 bits per heavy atom. The van der Waals surface area contributed by atoms with Gasteiger partial charge in [-0.1, -0.05) is 16.4 Å². The molecule has 2 aromatic heterocycles. The van der Waals surface area contributed by atoms with E-state index < -0.39 is 11.7 Å². The Bertz CT molecular complexity index is 1230. The van der Waals surface area contributed by atoms with Gasteiger partial charge in [0.05, 0.1) is 31.2 Å². The van der Waals surface area contributed by atoms with Gasteiger partial charge in [0.1, 0.15) is 0 Å². The quantitative estimate of drug-likeness (QED) is 0.465. The average Bonchev–Trinajstić information content (AvgIpc) is 3.39. The molecule has 0 unspecified atom stereocenters. The maximum absolute atomic E-state index is 13.0. The average molecular weight is 431 g/mol. The maximum Gasteiger partial charge on any atom is 0.416 e. The fourth-order valence-electron chi connectivity index (χ4n) is 3.00. The summed E-state index contributed by atoms with van der Waals surface area (Å²) >= 11 is 0. The highest BCUT2D eigenvalue weighted by molar-refractivity contribution is 5.63. The van der Waals surface area contributed by atoms with E-state index in [4.69, 9.17) is 14.0 Å². The molecule has 2 aromatic carbocycles. The second-order valence-electron chi connectivity index (χ2n) is 6.48. The predicted octanol–water partition coefficient (Wildman–Crippen LogP) is 4.33. The number of halogens is 3. The molecule has 0 radical (unpaired) electrons. The molecular formula is C20H16F3N5O3. The van der Waals surface area contributed by atoms with Gasteiger partial charge in [-0.15, -0.1) is 5.10 Å². The van der Waals surface area contributed by atoms with E-state index in [0.29, 0.717) is 22.8 Å². The van der Waals surface area contributed by atoms with Crippen LogP contribution in [0.15, 0.2) is 47.0 Å². The Morgan fingerprint density at radius 2 is 1.77 bits per heavy atom. The fourth-order valence-corrected chi connectivity index (χ4v) is 3.00. The SMILES string of the molecule is COc1ccc(-c2noc(-c3nnn(-c4cccc(C(F)(F)F)c4)c3C)n2)cc1OC. The minimum absolute atomic E-state index is 0.0838. The lowest BCUT2D eigenvalue weighted by atomic mass is 10.2. The standard InChI is InChI=1S/C20H16F3N5O3/c1-11-17(25-27-28(11)14-6-4-5-13(10-14)20(21,22)23)19-24-18(26-31-19)12-7-8-15(29-2)16(9-12)30-3/h4-10H,1-3H3. The van der Waals surface area contributed by atoms with Gasteiger partial charge in [-0.3, -0.25) is 0 Å². The lowest BCUT2D eigenvalue weighted by molar-refractivity contribution is -0.137. The van der Waals surface area contributed by atoms with Gasteiger partial charge in [-0.05, 0) is 43.3 Å². The number of ether oxygens (including phenoxy) is 2. The van der Waals surface area contributed by atoms with Crippen molar-refractivity contribution in [3.63, 3.8) is 0 Å². The molecule has 0 amide bonds. The van der Waals surface area contributed by atoms with Crippen molar-refractivity contribution in [3.05, 3.63) is 53.7 Å². The molecule has 2 heterocycles. The van der Waals surface area contributed by atoms with E-state index in [2.05, 4.69) is 20.5 Å². The van der Waals surface area contributed by atoms with Gasteiger partial charge in [-0.2, -0.15) is 18.2 Å². The first-order chi connectivity index (χ1) is 14.8. The molecular weight excluding hydrogens is 415 g/mol.